The molecule has 1 atom stereocenters. The summed E-state index contributed by atoms with van der Waals surface area (Å²) in [5.74, 6) is -0.376. The first kappa shape index (κ1) is 20.1. The number of hydrogen-bond donors (Lipinski definition) is 2. The highest BCUT2D eigenvalue weighted by Crippen LogP contribution is 2.32. The van der Waals surface area contributed by atoms with Gasteiger partial charge in [-0.2, -0.15) is 0 Å². The van der Waals surface area contributed by atoms with Crippen molar-refractivity contribution in [1.82, 2.24) is 15.5 Å². The number of imide groups is 1. The first-order chi connectivity index (χ1) is 14.5. The van der Waals surface area contributed by atoms with Gasteiger partial charge in [0.1, 0.15) is 12.6 Å². The second kappa shape index (κ2) is 8.67. The van der Waals surface area contributed by atoms with Gasteiger partial charge in [0.2, 0.25) is 17.6 Å². The Bertz CT molecular complexity index is 959. The molecule has 30 heavy (non-hydrogen) atoms. The topological polar surface area (TPSA) is 87.7 Å². The Kier molecular flexibility index (Phi) is 5.81. The average molecular weight is 407 g/mol. The Morgan fingerprint density at radius 2 is 1.90 bits per heavy atom. The number of rotatable bonds is 7. The standard InChI is InChI=1S/C23H25N3O4/c1-2-24-11-15-3-5-16(6-4-15)14-30-22-18-13-26(12-17(18)7-9-20(22)27)19-8-10-21(28)25-23(19)29/h3-7,9,12,19,24H,2,8,10-11,13-14H2,1H3,(H,25,28,29). The Morgan fingerprint density at radius 3 is 2.63 bits per heavy atom. The van der Waals surface area contributed by atoms with Gasteiger partial charge in [0.05, 0.1) is 0 Å². The van der Waals surface area contributed by atoms with Gasteiger partial charge >= 0.3 is 0 Å². The molecule has 2 amide bonds. The van der Waals surface area contributed by atoms with Crippen LogP contribution in [0.4, 0.5) is 0 Å². The zero-order valence-corrected chi connectivity index (χ0v) is 16.9. The Labute approximate surface area is 175 Å². The molecule has 0 spiro atoms. The number of hydrogen-bond acceptors (Lipinski definition) is 6. The number of carbonyl (C=O) groups excluding carboxylic acids is 3. The van der Waals surface area contributed by atoms with Crippen molar-refractivity contribution >= 4 is 17.6 Å². The maximum atomic E-state index is 12.5. The Morgan fingerprint density at radius 1 is 1.13 bits per heavy atom. The molecule has 2 heterocycles. The number of ketones is 1. The lowest BCUT2D eigenvalue weighted by Gasteiger charge is -2.29. The summed E-state index contributed by atoms with van der Waals surface area (Å²) in [4.78, 5) is 38.0. The van der Waals surface area contributed by atoms with E-state index in [2.05, 4.69) is 17.6 Å². The van der Waals surface area contributed by atoms with Gasteiger partial charge in [0.25, 0.3) is 0 Å². The first-order valence-electron chi connectivity index (χ1n) is 10.2. The molecule has 1 unspecified atom stereocenters. The van der Waals surface area contributed by atoms with Crippen LogP contribution in [0.25, 0.3) is 0 Å². The van der Waals surface area contributed by atoms with Crippen LogP contribution in [-0.4, -0.2) is 41.6 Å². The van der Waals surface area contributed by atoms with E-state index < -0.39 is 6.04 Å². The molecule has 156 valence electrons. The summed E-state index contributed by atoms with van der Waals surface area (Å²) in [5.41, 5.74) is 3.84. The van der Waals surface area contributed by atoms with E-state index in [0.717, 1.165) is 29.8 Å². The molecule has 0 radical (unpaired) electrons. The number of nitrogens with one attached hydrogen (secondary N) is 2. The molecule has 2 aliphatic heterocycles. The summed E-state index contributed by atoms with van der Waals surface area (Å²) in [6.07, 6.45) is 5.91. The van der Waals surface area contributed by atoms with E-state index in [-0.39, 0.29) is 17.6 Å². The molecule has 1 aromatic rings. The summed E-state index contributed by atoms with van der Waals surface area (Å²) in [6, 6.07) is 7.69. The van der Waals surface area contributed by atoms with Crippen LogP contribution in [0.2, 0.25) is 0 Å². The molecule has 7 nitrogen and oxygen atoms in total. The van der Waals surface area contributed by atoms with E-state index in [9.17, 15) is 14.4 Å². The fourth-order valence-corrected chi connectivity index (χ4v) is 3.85. The number of ether oxygens (including phenoxy) is 1. The third-order valence-electron chi connectivity index (χ3n) is 5.50. The van der Waals surface area contributed by atoms with Crippen LogP contribution in [0.5, 0.6) is 0 Å². The van der Waals surface area contributed by atoms with Gasteiger partial charge in [-0.25, -0.2) is 0 Å². The van der Waals surface area contributed by atoms with E-state index in [1.165, 1.54) is 11.6 Å². The van der Waals surface area contributed by atoms with Crippen molar-refractivity contribution < 1.29 is 19.1 Å². The van der Waals surface area contributed by atoms with E-state index in [0.29, 0.717) is 31.8 Å². The summed E-state index contributed by atoms with van der Waals surface area (Å²) < 4.78 is 5.94. The fraction of sp³-hybridized carbons (Fsp3) is 0.348. The lowest BCUT2D eigenvalue weighted by molar-refractivity contribution is -0.136. The number of piperidine rings is 1. The van der Waals surface area contributed by atoms with E-state index in [1.54, 1.807) is 6.08 Å². The molecule has 7 heteroatoms. The maximum absolute atomic E-state index is 12.5. The van der Waals surface area contributed by atoms with Crippen molar-refractivity contribution in [2.45, 2.75) is 39.0 Å². The maximum Gasteiger partial charge on any atom is 0.249 e. The predicted molar refractivity (Wildman–Crippen MR) is 111 cm³/mol. The van der Waals surface area contributed by atoms with Crippen molar-refractivity contribution in [2.24, 2.45) is 0 Å². The smallest absolute Gasteiger partial charge is 0.249 e. The molecule has 4 rings (SSSR count). The second-order valence-corrected chi connectivity index (χ2v) is 7.61. The van der Waals surface area contributed by atoms with Gasteiger partial charge in [-0.15, -0.1) is 0 Å². The van der Waals surface area contributed by atoms with Crippen LogP contribution in [0.1, 0.15) is 30.9 Å². The first-order valence-corrected chi connectivity index (χ1v) is 10.2. The van der Waals surface area contributed by atoms with Crippen molar-refractivity contribution in [3.8, 4) is 0 Å². The number of allylic oxidation sites excluding steroid dienone is 2. The number of nitrogens with zero attached hydrogens (tertiary/aromatic N) is 1. The summed E-state index contributed by atoms with van der Waals surface area (Å²) in [7, 11) is 0. The van der Waals surface area contributed by atoms with Crippen LogP contribution in [-0.2, 0) is 32.3 Å². The van der Waals surface area contributed by atoms with Crippen LogP contribution in [0, 0.1) is 0 Å². The van der Waals surface area contributed by atoms with Gasteiger partial charge in [0, 0.05) is 31.3 Å². The number of carbonyl (C=O) groups is 3. The van der Waals surface area contributed by atoms with Gasteiger partial charge < -0.3 is 15.0 Å². The molecule has 1 fully saturated rings. The van der Waals surface area contributed by atoms with Crippen molar-refractivity contribution in [2.75, 3.05) is 13.1 Å². The summed E-state index contributed by atoms with van der Waals surface area (Å²) in [5, 5.41) is 5.67. The number of amides is 2. The van der Waals surface area contributed by atoms with Crippen LogP contribution >= 0.6 is 0 Å². The molecule has 1 aromatic carbocycles. The van der Waals surface area contributed by atoms with E-state index >= 15 is 0 Å². The highest BCUT2D eigenvalue weighted by Gasteiger charge is 2.36. The zero-order chi connectivity index (χ0) is 21.1. The minimum Gasteiger partial charge on any atom is -0.484 e. The molecule has 0 aromatic heterocycles. The van der Waals surface area contributed by atoms with E-state index in [4.69, 9.17) is 4.74 Å². The number of fused-ring (bicyclic) bond motifs is 1. The fourth-order valence-electron chi connectivity index (χ4n) is 3.85. The SMILES string of the molecule is CCNCc1ccc(COC2=C3CN(C4CCC(=O)NC4=O)C=C3C=CC2=O)cc1. The predicted octanol–water partition coefficient (Wildman–Crippen LogP) is 1.71. The summed E-state index contributed by atoms with van der Waals surface area (Å²) in [6.45, 7) is 4.52. The average Bonchev–Trinajstić information content (AvgIpc) is 3.16. The lowest BCUT2D eigenvalue weighted by atomic mass is 10.00. The molecular formula is C23H25N3O4. The third kappa shape index (κ3) is 4.21. The molecule has 1 saturated heterocycles. The molecule has 2 N–H and O–H groups in total. The van der Waals surface area contributed by atoms with Crippen LogP contribution in [0.3, 0.4) is 0 Å². The normalized spacial score (nSPS) is 21.0. The van der Waals surface area contributed by atoms with Gasteiger partial charge in [-0.3, -0.25) is 19.7 Å². The Hall–Kier alpha value is -3.19. The van der Waals surface area contributed by atoms with Crippen molar-refractivity contribution in [3.63, 3.8) is 0 Å². The lowest BCUT2D eigenvalue weighted by Crippen LogP contribution is -2.50. The molecular weight excluding hydrogens is 382 g/mol. The van der Waals surface area contributed by atoms with Gasteiger partial charge in [-0.05, 0) is 41.8 Å². The highest BCUT2D eigenvalue weighted by molar-refractivity contribution is 6.06. The molecule has 3 aliphatic rings. The third-order valence-corrected chi connectivity index (χ3v) is 5.50. The van der Waals surface area contributed by atoms with Gasteiger partial charge in [-0.1, -0.05) is 31.2 Å². The van der Waals surface area contributed by atoms with E-state index in [1.807, 2.05) is 35.4 Å². The minimum atomic E-state index is -0.415. The second-order valence-electron chi connectivity index (χ2n) is 7.61. The molecule has 0 saturated carbocycles. The minimum absolute atomic E-state index is 0.170. The number of benzene rings is 1. The molecule has 1 aliphatic carbocycles. The Balaban J connectivity index is 1.45. The van der Waals surface area contributed by atoms with Crippen LogP contribution in [0.15, 0.2) is 59.5 Å². The van der Waals surface area contributed by atoms with Crippen molar-refractivity contribution in [3.05, 3.63) is 70.6 Å². The van der Waals surface area contributed by atoms with Crippen LogP contribution < -0.4 is 10.6 Å². The van der Waals surface area contributed by atoms with Gasteiger partial charge in [0.15, 0.2) is 5.76 Å². The summed E-state index contributed by atoms with van der Waals surface area (Å²) >= 11 is 0. The largest absolute Gasteiger partial charge is 0.484 e. The van der Waals surface area contributed by atoms with Crippen molar-refractivity contribution in [1.29, 1.82) is 0 Å². The zero-order valence-electron chi connectivity index (χ0n) is 16.9. The monoisotopic (exact) mass is 407 g/mol. The quantitative estimate of drug-likeness (QED) is 0.669. The molecule has 0 bridgehead atoms. The highest BCUT2D eigenvalue weighted by atomic mass is 16.5.